The molecule has 0 fully saturated rings. The molecule has 0 saturated carbocycles. The Balaban J connectivity index is 1.28. The van der Waals surface area contributed by atoms with E-state index >= 15 is 8.78 Å². The molecule has 0 spiro atoms. The lowest BCUT2D eigenvalue weighted by Gasteiger charge is -2.46. The molecule has 2 aliphatic heterocycles. The lowest BCUT2D eigenvalue weighted by atomic mass is 9.33. The van der Waals surface area contributed by atoms with Crippen LogP contribution in [-0.2, 0) is 28.7 Å². The van der Waals surface area contributed by atoms with Gasteiger partial charge in [-0.1, -0.05) is 185 Å². The SMILES string of the molecule is Cc1cc(C)cc(-c2cc(C)ccc2N2c3ccc(C(C)(C)C)cc3B3c4c2cc(C(C)(C)C)cc4N(c2c(F)cccc2F)c2cc(N(c4ccc(C(C)(C)C)cc4)c4ccc(C(C)(C)C)cc4)c4c5ccccc5n(C)c4c23)c1. The fourth-order valence-electron chi connectivity index (χ4n) is 13.0. The summed E-state index contributed by atoms with van der Waals surface area (Å²) in [5.74, 6) is -1.28. The summed E-state index contributed by atoms with van der Waals surface area (Å²) in [5, 5.41) is 2.15. The van der Waals surface area contributed by atoms with Crippen molar-refractivity contribution in [2.75, 3.05) is 14.7 Å². The first-order valence-corrected chi connectivity index (χ1v) is 28.8. The number of halogens is 2. The molecule has 408 valence electrons. The standard InChI is InChI=1S/C74H75BF2N4/c1-44-24-34-60(55(39-44)47-37-45(2)36-46(3)38-47)80-61-35-29-50(73(10,11)12)40-56(61)75-67-63(80)41-51(74(13,14)15)42-64(67)81(69-57(76)21-19-22-58(69)77)65-43-62(66-54-20-17-18-23-59(54)78(16)70(66)68(65)75)79(52-30-25-48(26-31-52)71(4,5)6)53-32-27-49(28-33-53)72(7,8)9/h17-43H,1-16H3. The third-order valence-electron chi connectivity index (χ3n) is 17.2. The second kappa shape index (κ2) is 18.8. The van der Waals surface area contributed by atoms with Crippen LogP contribution in [0.2, 0.25) is 0 Å². The smallest absolute Gasteiger partial charge is 0.254 e. The summed E-state index contributed by atoms with van der Waals surface area (Å²) in [6, 6.07) is 58.4. The van der Waals surface area contributed by atoms with Crippen LogP contribution in [0, 0.1) is 32.4 Å². The van der Waals surface area contributed by atoms with Crippen LogP contribution in [-0.4, -0.2) is 11.3 Å². The van der Waals surface area contributed by atoms with Gasteiger partial charge in [-0.25, -0.2) is 8.78 Å². The number of aromatic nitrogens is 1. The van der Waals surface area contributed by atoms with Crippen molar-refractivity contribution in [2.45, 2.75) is 126 Å². The van der Waals surface area contributed by atoms with E-state index in [1.807, 2.05) is 4.90 Å². The highest BCUT2D eigenvalue weighted by Crippen LogP contribution is 2.53. The Morgan fingerprint density at radius 3 is 1.52 bits per heavy atom. The maximum absolute atomic E-state index is 17.7. The van der Waals surface area contributed by atoms with E-state index in [0.717, 1.165) is 106 Å². The number of nitrogens with zero attached hydrogens (tertiary/aromatic N) is 4. The molecule has 0 amide bonds. The highest BCUT2D eigenvalue weighted by molar-refractivity contribution is 7.01. The van der Waals surface area contributed by atoms with E-state index in [4.69, 9.17) is 0 Å². The highest BCUT2D eigenvalue weighted by atomic mass is 19.1. The summed E-state index contributed by atoms with van der Waals surface area (Å²) in [6.07, 6.45) is 0. The Morgan fingerprint density at radius 2 is 0.951 bits per heavy atom. The van der Waals surface area contributed by atoms with Gasteiger partial charge in [0.05, 0.1) is 11.4 Å². The van der Waals surface area contributed by atoms with Crippen molar-refractivity contribution in [3.63, 3.8) is 0 Å². The van der Waals surface area contributed by atoms with Crippen molar-refractivity contribution < 1.29 is 8.78 Å². The van der Waals surface area contributed by atoms with Crippen LogP contribution in [0.3, 0.4) is 0 Å². The van der Waals surface area contributed by atoms with E-state index in [2.05, 4.69) is 271 Å². The summed E-state index contributed by atoms with van der Waals surface area (Å²) in [5.41, 5.74) is 22.2. The molecule has 81 heavy (non-hydrogen) atoms. The van der Waals surface area contributed by atoms with Crippen LogP contribution < -0.4 is 31.1 Å². The van der Waals surface area contributed by atoms with Gasteiger partial charge in [-0.15, -0.1) is 0 Å². The minimum Gasteiger partial charge on any atom is -0.344 e. The minimum atomic E-state index is -0.640. The molecular formula is C74H75BF2N4. The fraction of sp³-hybridized carbons (Fsp3) is 0.270. The summed E-state index contributed by atoms with van der Waals surface area (Å²) in [6.45, 7) is 33.1. The van der Waals surface area contributed by atoms with E-state index in [1.54, 1.807) is 0 Å². The summed E-state index contributed by atoms with van der Waals surface area (Å²) in [7, 11) is 2.17. The number of benzene rings is 9. The van der Waals surface area contributed by atoms with Crippen LogP contribution in [0.25, 0.3) is 32.9 Å². The molecule has 0 bridgehead atoms. The zero-order valence-electron chi connectivity index (χ0n) is 50.2. The van der Waals surface area contributed by atoms with Crippen molar-refractivity contribution >= 4 is 96.1 Å². The minimum absolute atomic E-state index is 0.0751. The fourth-order valence-corrected chi connectivity index (χ4v) is 13.0. The molecule has 2 aliphatic rings. The zero-order valence-corrected chi connectivity index (χ0v) is 50.2. The first kappa shape index (κ1) is 53.7. The lowest BCUT2D eigenvalue weighted by Crippen LogP contribution is -2.62. The van der Waals surface area contributed by atoms with Crippen molar-refractivity contribution in [1.29, 1.82) is 0 Å². The molecule has 0 aliphatic carbocycles. The topological polar surface area (TPSA) is 14.7 Å². The second-order valence-corrected chi connectivity index (χ2v) is 27.3. The van der Waals surface area contributed by atoms with E-state index < -0.39 is 11.6 Å². The average Bonchev–Trinajstić information content (AvgIpc) is 3.88. The molecule has 0 radical (unpaired) electrons. The van der Waals surface area contributed by atoms with Crippen molar-refractivity contribution in [1.82, 2.24) is 4.57 Å². The summed E-state index contributed by atoms with van der Waals surface area (Å²) < 4.78 is 37.7. The molecule has 0 unspecified atom stereocenters. The number of fused-ring (bicyclic) bond motifs is 8. The van der Waals surface area contributed by atoms with Crippen LogP contribution in [0.5, 0.6) is 0 Å². The maximum atomic E-state index is 17.7. The van der Waals surface area contributed by atoms with E-state index in [9.17, 15) is 0 Å². The van der Waals surface area contributed by atoms with Gasteiger partial charge in [0, 0.05) is 68.5 Å². The molecule has 0 atom stereocenters. The van der Waals surface area contributed by atoms with E-state index in [0.29, 0.717) is 0 Å². The number of aryl methyl sites for hydroxylation is 4. The predicted octanol–water partition coefficient (Wildman–Crippen LogP) is 18.9. The van der Waals surface area contributed by atoms with Crippen molar-refractivity contribution in [3.8, 4) is 11.1 Å². The molecule has 3 heterocycles. The molecule has 0 saturated heterocycles. The largest absolute Gasteiger partial charge is 0.344 e. The number of hydrogen-bond acceptors (Lipinski definition) is 3. The quantitative estimate of drug-likeness (QED) is 0.154. The van der Waals surface area contributed by atoms with Gasteiger partial charge in [-0.05, 0) is 165 Å². The Kier molecular flexibility index (Phi) is 12.5. The Hall–Kier alpha value is -7.90. The molecule has 0 N–H and O–H groups in total. The van der Waals surface area contributed by atoms with Gasteiger partial charge in [0.25, 0.3) is 6.71 Å². The van der Waals surface area contributed by atoms with Crippen LogP contribution in [0.15, 0.2) is 164 Å². The first-order chi connectivity index (χ1) is 38.2. The Bertz CT molecular complexity index is 4080. The van der Waals surface area contributed by atoms with Gasteiger partial charge in [-0.3, -0.25) is 0 Å². The number of hydrogen-bond donors (Lipinski definition) is 0. The zero-order chi connectivity index (χ0) is 57.6. The monoisotopic (exact) mass is 1070 g/mol. The number of para-hydroxylation sites is 2. The predicted molar refractivity (Wildman–Crippen MR) is 343 cm³/mol. The van der Waals surface area contributed by atoms with Gasteiger partial charge >= 0.3 is 0 Å². The summed E-state index contributed by atoms with van der Waals surface area (Å²) >= 11 is 0. The van der Waals surface area contributed by atoms with Gasteiger partial charge in [0.15, 0.2) is 0 Å². The number of rotatable bonds is 6. The maximum Gasteiger partial charge on any atom is 0.254 e. The summed E-state index contributed by atoms with van der Waals surface area (Å²) in [4.78, 5) is 6.79. The third-order valence-corrected chi connectivity index (χ3v) is 17.2. The van der Waals surface area contributed by atoms with Crippen molar-refractivity contribution in [2.24, 2.45) is 7.05 Å². The lowest BCUT2D eigenvalue weighted by molar-refractivity contribution is 0.584. The normalized spacial score (nSPS) is 13.5. The van der Waals surface area contributed by atoms with Gasteiger partial charge in [-0.2, -0.15) is 0 Å². The van der Waals surface area contributed by atoms with Crippen LogP contribution in [0.4, 0.5) is 60.0 Å². The van der Waals surface area contributed by atoms with Gasteiger partial charge in [0.2, 0.25) is 0 Å². The third kappa shape index (κ3) is 8.94. The molecule has 9 aromatic carbocycles. The highest BCUT2D eigenvalue weighted by Gasteiger charge is 2.48. The van der Waals surface area contributed by atoms with Crippen LogP contribution in [0.1, 0.15) is 122 Å². The van der Waals surface area contributed by atoms with Crippen LogP contribution >= 0.6 is 0 Å². The Morgan fingerprint density at radius 1 is 0.432 bits per heavy atom. The van der Waals surface area contributed by atoms with E-state index in [-0.39, 0.29) is 34.1 Å². The van der Waals surface area contributed by atoms with Crippen molar-refractivity contribution in [3.05, 3.63) is 214 Å². The second-order valence-electron chi connectivity index (χ2n) is 27.3. The average molecular weight is 1070 g/mol. The number of anilines is 9. The van der Waals surface area contributed by atoms with E-state index in [1.165, 1.54) is 46.0 Å². The molecule has 12 rings (SSSR count). The van der Waals surface area contributed by atoms with Gasteiger partial charge in [0.1, 0.15) is 17.3 Å². The first-order valence-electron chi connectivity index (χ1n) is 28.8. The molecule has 7 heteroatoms. The molecule has 10 aromatic rings. The Labute approximate surface area is 479 Å². The molecular weight excluding hydrogens is 994 g/mol. The molecule has 1 aromatic heterocycles. The molecule has 4 nitrogen and oxygen atoms in total. The van der Waals surface area contributed by atoms with Gasteiger partial charge < -0.3 is 19.3 Å².